The topological polar surface area (TPSA) is 52.6 Å². The zero-order chi connectivity index (χ0) is 10.3. The molecule has 0 amide bonds. The third kappa shape index (κ3) is 5.00. The van der Waals surface area contributed by atoms with Crippen LogP contribution in [0.15, 0.2) is 12.3 Å². The van der Waals surface area contributed by atoms with Gasteiger partial charge in [0.25, 0.3) is 0 Å². The monoisotopic (exact) mass is 186 g/mol. The van der Waals surface area contributed by atoms with Crippen molar-refractivity contribution in [1.82, 2.24) is 0 Å². The number of carbonyl (C=O) groups is 2. The highest BCUT2D eigenvalue weighted by Crippen LogP contribution is 2.00. The number of carbonyl (C=O) groups excluding carboxylic acids is 2. The van der Waals surface area contributed by atoms with Crippen molar-refractivity contribution in [1.29, 1.82) is 0 Å². The van der Waals surface area contributed by atoms with Crippen molar-refractivity contribution in [2.24, 2.45) is 0 Å². The summed E-state index contributed by atoms with van der Waals surface area (Å²) in [7, 11) is 0. The lowest BCUT2D eigenvalue weighted by molar-refractivity contribution is -0.151. The first-order valence-electron chi connectivity index (χ1n) is 4.18. The molecular weight excluding hydrogens is 172 g/mol. The highest BCUT2D eigenvalue weighted by molar-refractivity contribution is 5.88. The maximum Gasteiger partial charge on any atom is 0.373 e. The SMILES string of the molecule is C=C(OC(=O)CC)C(=O)OCCC. The fourth-order valence-electron chi connectivity index (χ4n) is 0.527. The van der Waals surface area contributed by atoms with Crippen LogP contribution in [0.25, 0.3) is 0 Å². The first-order chi connectivity index (χ1) is 6.11. The normalized spacial score (nSPS) is 9.08. The Morgan fingerprint density at radius 2 is 1.92 bits per heavy atom. The summed E-state index contributed by atoms with van der Waals surface area (Å²) in [4.78, 5) is 21.7. The molecule has 0 aliphatic rings. The van der Waals surface area contributed by atoms with E-state index in [4.69, 9.17) is 0 Å². The van der Waals surface area contributed by atoms with Crippen molar-refractivity contribution in [2.45, 2.75) is 26.7 Å². The van der Waals surface area contributed by atoms with Crippen LogP contribution in [0.1, 0.15) is 26.7 Å². The van der Waals surface area contributed by atoms with Crippen molar-refractivity contribution in [2.75, 3.05) is 6.61 Å². The minimum absolute atomic E-state index is 0.208. The molecule has 0 heterocycles. The first kappa shape index (κ1) is 11.7. The van der Waals surface area contributed by atoms with E-state index in [9.17, 15) is 9.59 Å². The zero-order valence-electron chi connectivity index (χ0n) is 7.96. The number of hydrogen-bond acceptors (Lipinski definition) is 4. The van der Waals surface area contributed by atoms with E-state index in [1.54, 1.807) is 6.92 Å². The summed E-state index contributed by atoms with van der Waals surface area (Å²) in [5.41, 5.74) is 0. The van der Waals surface area contributed by atoms with Crippen LogP contribution in [0.5, 0.6) is 0 Å². The van der Waals surface area contributed by atoms with Gasteiger partial charge in [-0.25, -0.2) is 4.79 Å². The van der Waals surface area contributed by atoms with E-state index in [0.717, 1.165) is 6.42 Å². The van der Waals surface area contributed by atoms with Crippen LogP contribution in [0, 0.1) is 0 Å². The minimum Gasteiger partial charge on any atom is -0.460 e. The first-order valence-corrected chi connectivity index (χ1v) is 4.18. The van der Waals surface area contributed by atoms with Crippen molar-refractivity contribution >= 4 is 11.9 Å². The quantitative estimate of drug-likeness (QED) is 0.370. The van der Waals surface area contributed by atoms with Crippen molar-refractivity contribution in [3.05, 3.63) is 12.3 Å². The Hall–Kier alpha value is -1.32. The van der Waals surface area contributed by atoms with Gasteiger partial charge in [-0.3, -0.25) is 4.79 Å². The Morgan fingerprint density at radius 3 is 2.38 bits per heavy atom. The maximum atomic E-state index is 11.0. The van der Waals surface area contributed by atoms with Gasteiger partial charge in [-0.05, 0) is 13.0 Å². The van der Waals surface area contributed by atoms with Crippen molar-refractivity contribution in [3.63, 3.8) is 0 Å². The van der Waals surface area contributed by atoms with E-state index in [2.05, 4.69) is 16.1 Å². The molecule has 0 aromatic rings. The fraction of sp³-hybridized carbons (Fsp3) is 0.556. The van der Waals surface area contributed by atoms with Crippen LogP contribution in [0.2, 0.25) is 0 Å². The maximum absolute atomic E-state index is 11.0. The van der Waals surface area contributed by atoms with Gasteiger partial charge in [0.05, 0.1) is 6.61 Å². The second kappa shape index (κ2) is 6.22. The Labute approximate surface area is 77.5 Å². The highest BCUT2D eigenvalue weighted by atomic mass is 16.6. The van der Waals surface area contributed by atoms with Crippen LogP contribution >= 0.6 is 0 Å². The smallest absolute Gasteiger partial charge is 0.373 e. The third-order valence-corrected chi connectivity index (χ3v) is 1.19. The van der Waals surface area contributed by atoms with E-state index >= 15 is 0 Å². The molecule has 0 fully saturated rings. The summed E-state index contributed by atoms with van der Waals surface area (Å²) in [6.45, 7) is 7.09. The highest BCUT2D eigenvalue weighted by Gasteiger charge is 2.12. The summed E-state index contributed by atoms with van der Waals surface area (Å²) in [5.74, 6) is -1.41. The molecule has 0 unspecified atom stereocenters. The molecular formula is C9H14O4. The van der Waals surface area contributed by atoms with Crippen LogP contribution < -0.4 is 0 Å². The second-order valence-electron chi connectivity index (χ2n) is 2.39. The molecule has 0 aromatic carbocycles. The Balaban J connectivity index is 3.83. The largest absolute Gasteiger partial charge is 0.460 e. The van der Waals surface area contributed by atoms with Crippen LogP contribution in [-0.2, 0) is 19.1 Å². The molecule has 0 bridgehead atoms. The van der Waals surface area contributed by atoms with Crippen molar-refractivity contribution in [3.8, 4) is 0 Å². The number of esters is 2. The summed E-state index contributed by atoms with van der Waals surface area (Å²) in [6.07, 6.45) is 0.931. The van der Waals surface area contributed by atoms with E-state index in [1.807, 2.05) is 6.92 Å². The van der Waals surface area contributed by atoms with E-state index < -0.39 is 11.9 Å². The Kier molecular flexibility index (Phi) is 5.59. The number of rotatable bonds is 5. The van der Waals surface area contributed by atoms with Crippen LogP contribution in [0.3, 0.4) is 0 Å². The summed E-state index contributed by atoms with van der Waals surface area (Å²) < 4.78 is 9.23. The minimum atomic E-state index is -0.677. The zero-order valence-corrected chi connectivity index (χ0v) is 7.96. The Morgan fingerprint density at radius 1 is 1.31 bits per heavy atom. The predicted octanol–water partition coefficient (Wildman–Crippen LogP) is 1.41. The lowest BCUT2D eigenvalue weighted by Crippen LogP contribution is -2.13. The van der Waals surface area contributed by atoms with Crippen LogP contribution in [-0.4, -0.2) is 18.5 Å². The second-order valence-corrected chi connectivity index (χ2v) is 2.39. The molecule has 0 N–H and O–H groups in total. The van der Waals surface area contributed by atoms with Gasteiger partial charge < -0.3 is 9.47 Å². The fourth-order valence-corrected chi connectivity index (χ4v) is 0.527. The molecule has 0 atom stereocenters. The number of ether oxygens (including phenoxy) is 2. The molecule has 74 valence electrons. The molecule has 0 rings (SSSR count). The number of hydrogen-bond donors (Lipinski definition) is 0. The standard InChI is InChI=1S/C9H14O4/c1-4-6-12-9(11)7(3)13-8(10)5-2/h3-6H2,1-2H3. The summed E-state index contributed by atoms with van der Waals surface area (Å²) >= 11 is 0. The summed E-state index contributed by atoms with van der Waals surface area (Å²) in [5, 5.41) is 0. The average molecular weight is 186 g/mol. The van der Waals surface area contributed by atoms with Gasteiger partial charge in [-0.1, -0.05) is 13.8 Å². The van der Waals surface area contributed by atoms with E-state index in [1.165, 1.54) is 0 Å². The molecule has 4 heteroatoms. The van der Waals surface area contributed by atoms with Gasteiger partial charge in [0.15, 0.2) is 0 Å². The molecule has 13 heavy (non-hydrogen) atoms. The van der Waals surface area contributed by atoms with E-state index in [0.29, 0.717) is 6.61 Å². The average Bonchev–Trinajstić information content (AvgIpc) is 2.13. The lowest BCUT2D eigenvalue weighted by atomic mass is 10.5. The third-order valence-electron chi connectivity index (χ3n) is 1.19. The van der Waals surface area contributed by atoms with Crippen LogP contribution in [0.4, 0.5) is 0 Å². The van der Waals surface area contributed by atoms with Gasteiger partial charge in [0, 0.05) is 6.42 Å². The molecule has 0 radical (unpaired) electrons. The van der Waals surface area contributed by atoms with E-state index in [-0.39, 0.29) is 12.2 Å². The van der Waals surface area contributed by atoms with Gasteiger partial charge >= 0.3 is 11.9 Å². The molecule has 0 saturated heterocycles. The lowest BCUT2D eigenvalue weighted by Gasteiger charge is -2.05. The Bertz CT molecular complexity index is 208. The molecule has 0 aliphatic heterocycles. The van der Waals surface area contributed by atoms with Gasteiger partial charge in [-0.2, -0.15) is 0 Å². The van der Waals surface area contributed by atoms with Gasteiger partial charge in [0.2, 0.25) is 5.76 Å². The molecule has 0 spiro atoms. The molecule has 0 saturated carbocycles. The molecule has 0 aliphatic carbocycles. The van der Waals surface area contributed by atoms with Gasteiger partial charge in [-0.15, -0.1) is 0 Å². The van der Waals surface area contributed by atoms with Gasteiger partial charge in [0.1, 0.15) is 0 Å². The molecule has 0 aromatic heterocycles. The molecule has 4 nitrogen and oxygen atoms in total. The van der Waals surface area contributed by atoms with Crippen molar-refractivity contribution < 1.29 is 19.1 Å². The summed E-state index contributed by atoms with van der Waals surface area (Å²) in [6, 6.07) is 0. The predicted molar refractivity (Wildman–Crippen MR) is 46.8 cm³/mol.